The number of thioether (sulfide) groups is 2. The smallest absolute Gasteiger partial charge is 0.330 e. The molecule has 0 aromatic heterocycles. The summed E-state index contributed by atoms with van der Waals surface area (Å²) in [6.07, 6.45) is 9.67. The summed E-state index contributed by atoms with van der Waals surface area (Å²) in [5.41, 5.74) is 8.79. The number of hydrogen-bond donors (Lipinski definition) is 3. The van der Waals surface area contributed by atoms with Gasteiger partial charge in [-0.1, -0.05) is 209 Å². The highest BCUT2D eigenvalue weighted by Crippen LogP contribution is 2.28. The number of allylic oxidation sites excluding steroid dienone is 3. The third-order valence-electron chi connectivity index (χ3n) is 19.6. The Balaban J connectivity index is 0.000000320. The SMILES string of the molecule is C=C/C=C(\C)NC(=O)N(CCOC(C)Oc1ccc(C(C)CC)cc1)C(=O)Nc1ccccc1.CCC(C)c1ccc(OC(C)OCCS)cc1.CCC(C)c1ccc(OC(C)OCCSC)cc1.CCC(C)c1ccc(OC(C)OCCSc2ccccc2)cc1.CCC(C)c1ccc(OC(C)OCN(CC)C(=O)Cc2ccccc2)cc1. The Labute approximate surface area is 728 Å². The Morgan fingerprint density at radius 3 is 1.11 bits per heavy atom. The van der Waals surface area contributed by atoms with Crippen LogP contribution in [0.3, 0.4) is 0 Å². The van der Waals surface area contributed by atoms with Gasteiger partial charge in [-0.05, 0) is 241 Å². The van der Waals surface area contributed by atoms with Crippen LogP contribution >= 0.6 is 36.2 Å². The van der Waals surface area contributed by atoms with Crippen LogP contribution in [0.25, 0.3) is 0 Å². The minimum absolute atomic E-state index is 0.0342. The van der Waals surface area contributed by atoms with Crippen molar-refractivity contribution in [1.82, 2.24) is 15.1 Å². The zero-order valence-electron chi connectivity index (χ0n) is 74.1. The molecule has 10 unspecified atom stereocenters. The van der Waals surface area contributed by atoms with E-state index in [-0.39, 0.29) is 44.7 Å². The summed E-state index contributed by atoms with van der Waals surface area (Å²) in [5.74, 6) is 9.56. The fourth-order valence-electron chi connectivity index (χ4n) is 11.3. The van der Waals surface area contributed by atoms with E-state index >= 15 is 0 Å². The molecule has 8 rings (SSSR count). The number of nitrogens with zero attached hydrogens (tertiary/aromatic N) is 2. The zero-order valence-corrected chi connectivity index (χ0v) is 76.6. The molecule has 0 saturated heterocycles. The van der Waals surface area contributed by atoms with E-state index < -0.39 is 24.6 Å². The molecule has 0 heterocycles. The molecule has 650 valence electrons. The maximum Gasteiger partial charge on any atom is 0.330 e. The molecular weight excluding hydrogens is 1550 g/mol. The van der Waals surface area contributed by atoms with Crippen molar-refractivity contribution < 1.29 is 61.8 Å². The Bertz CT molecular complexity index is 4000. The van der Waals surface area contributed by atoms with Crippen LogP contribution in [0.4, 0.5) is 15.3 Å². The second-order valence-corrected chi connectivity index (χ2v) is 31.5. The minimum Gasteiger partial charge on any atom is -0.465 e. The highest BCUT2D eigenvalue weighted by molar-refractivity contribution is 7.99. The van der Waals surface area contributed by atoms with Gasteiger partial charge in [0.05, 0.1) is 39.4 Å². The van der Waals surface area contributed by atoms with Crippen molar-refractivity contribution in [3.63, 3.8) is 0 Å². The second-order valence-electron chi connectivity index (χ2n) is 28.9. The standard InChI is InChI=1S/C27H35N3O4.C23H31NO3.C20H26O2S.C15H24O2S.C14H22O2S/c1-6-11-21(4)28-26(31)30(27(32)29-24-12-9-8-10-13-24)18-19-33-22(5)34-25-16-14-23(15-17-25)20(3)7-2;1-5-18(3)21-12-14-22(15-13-21)27-19(4)26-17-24(6-2)23(25)16-20-10-8-7-9-11-20;1-4-16(2)18-10-12-19(13-11-18)22-17(3)21-14-15-23-20-8-6-5-7-9-20;1-5-12(2)14-6-8-15(9-7-14)17-13(3)16-10-11-18-4;1-4-11(2)13-5-7-14(8-6-13)16-12(3)15-9-10-17/h6,8-17,20,22H,1,7,18-19H2,2-5H3,(H,28,31)(H,29,32);7-15,18-19H,5-6,16-17H2,1-4H3;5-13,16-17H,4,14-15H2,1-3H3;6-9,12-13H,5,10-11H2,1-4H3;5-8,11-12,17H,4,9-10H2,1-3H3/b21-11+;;;;. The molecular formula is C99H138N4O13S3. The largest absolute Gasteiger partial charge is 0.465 e. The highest BCUT2D eigenvalue weighted by atomic mass is 32.2. The number of hydrogen-bond acceptors (Lipinski definition) is 16. The monoisotopic (exact) mass is 1690 g/mol. The van der Waals surface area contributed by atoms with Gasteiger partial charge in [0.15, 0.2) is 31.5 Å². The summed E-state index contributed by atoms with van der Waals surface area (Å²) in [6.45, 7) is 41.7. The third kappa shape index (κ3) is 42.9. The molecule has 17 nitrogen and oxygen atoms in total. The van der Waals surface area contributed by atoms with Gasteiger partial charge < -0.3 is 62.9 Å². The van der Waals surface area contributed by atoms with E-state index in [1.54, 1.807) is 78.7 Å². The molecule has 0 saturated carbocycles. The van der Waals surface area contributed by atoms with E-state index in [0.717, 1.165) is 83.7 Å². The van der Waals surface area contributed by atoms with Crippen LogP contribution < -0.4 is 34.3 Å². The van der Waals surface area contributed by atoms with Crippen LogP contribution in [-0.4, -0.2) is 129 Å². The number of amides is 5. The van der Waals surface area contributed by atoms with Crippen molar-refractivity contribution in [3.05, 3.63) is 270 Å². The van der Waals surface area contributed by atoms with E-state index in [2.05, 4.69) is 190 Å². The van der Waals surface area contributed by atoms with Crippen molar-refractivity contribution in [2.75, 3.05) is 75.1 Å². The second kappa shape index (κ2) is 60.7. The Kier molecular flexibility index (Phi) is 52.4. The third-order valence-corrected chi connectivity index (χ3v) is 21.3. The van der Waals surface area contributed by atoms with Crippen LogP contribution in [0.2, 0.25) is 0 Å². The van der Waals surface area contributed by atoms with Gasteiger partial charge in [-0.15, -0.1) is 11.8 Å². The number of thiol groups is 1. The number of nitrogens with one attached hydrogen (secondary N) is 2. The summed E-state index contributed by atoms with van der Waals surface area (Å²) in [6, 6.07) is 68.9. The van der Waals surface area contributed by atoms with Crippen LogP contribution in [0.1, 0.15) is 213 Å². The quantitative estimate of drug-likeness (QED) is 0.0108. The highest BCUT2D eigenvalue weighted by Gasteiger charge is 2.23. The van der Waals surface area contributed by atoms with Gasteiger partial charge in [0, 0.05) is 40.1 Å². The van der Waals surface area contributed by atoms with Gasteiger partial charge in [0.2, 0.25) is 5.91 Å². The average molecular weight is 1690 g/mol. The fourth-order valence-corrected chi connectivity index (χ4v) is 12.4. The molecule has 0 bridgehead atoms. The van der Waals surface area contributed by atoms with E-state index in [4.69, 9.17) is 47.4 Å². The molecule has 0 aliphatic rings. The lowest BCUT2D eigenvalue weighted by Crippen LogP contribution is -2.47. The topological polar surface area (TPSA) is 174 Å². The van der Waals surface area contributed by atoms with E-state index in [1.165, 1.54) is 32.7 Å². The van der Waals surface area contributed by atoms with Crippen LogP contribution in [-0.2, 0) is 34.9 Å². The van der Waals surface area contributed by atoms with Crippen LogP contribution in [0, 0.1) is 0 Å². The Hall–Kier alpha value is -8.70. The zero-order chi connectivity index (χ0) is 87.1. The molecule has 2 N–H and O–H groups in total. The van der Waals surface area contributed by atoms with Gasteiger partial charge in [-0.2, -0.15) is 24.4 Å². The number of benzene rings is 8. The Morgan fingerprint density at radius 1 is 0.429 bits per heavy atom. The molecule has 8 aromatic carbocycles. The molecule has 8 aromatic rings. The lowest BCUT2D eigenvalue weighted by molar-refractivity contribution is -0.146. The lowest BCUT2D eigenvalue weighted by atomic mass is 9.99. The summed E-state index contributed by atoms with van der Waals surface area (Å²) in [7, 11) is 0. The number of urea groups is 2. The summed E-state index contributed by atoms with van der Waals surface area (Å²) < 4.78 is 56.9. The van der Waals surface area contributed by atoms with Gasteiger partial charge in [0.1, 0.15) is 35.5 Å². The summed E-state index contributed by atoms with van der Waals surface area (Å²) in [5, 5.41) is 5.40. The summed E-state index contributed by atoms with van der Waals surface area (Å²) in [4.78, 5) is 42.0. The molecule has 20 heteroatoms. The molecule has 0 spiro atoms. The number of carbonyl (C=O) groups is 3. The van der Waals surface area contributed by atoms with E-state index in [9.17, 15) is 14.4 Å². The maximum absolute atomic E-state index is 12.8. The number of anilines is 1. The number of ether oxygens (including phenoxy) is 10. The number of carbonyl (C=O) groups excluding carboxylic acids is 3. The summed E-state index contributed by atoms with van der Waals surface area (Å²) >= 11 is 7.66. The van der Waals surface area contributed by atoms with Gasteiger partial charge in [0.25, 0.3) is 0 Å². The first-order valence-corrected chi connectivity index (χ1v) is 45.1. The normalized spacial score (nSPS) is 13.5. The first-order valence-electron chi connectivity index (χ1n) is 42.1. The van der Waals surface area contributed by atoms with Gasteiger partial charge in [-0.3, -0.25) is 4.79 Å². The predicted molar refractivity (Wildman–Crippen MR) is 498 cm³/mol. The molecule has 0 aliphatic carbocycles. The van der Waals surface area contributed by atoms with Gasteiger partial charge >= 0.3 is 12.1 Å². The fraction of sp³-hybridized carbons (Fsp3) is 0.444. The van der Waals surface area contributed by atoms with E-state index in [0.29, 0.717) is 78.7 Å². The van der Waals surface area contributed by atoms with E-state index in [1.807, 2.05) is 138 Å². The molecule has 0 fully saturated rings. The Morgan fingerprint density at radius 2 is 0.765 bits per heavy atom. The van der Waals surface area contributed by atoms with Crippen molar-refractivity contribution in [1.29, 1.82) is 0 Å². The first kappa shape index (κ1) is 103. The lowest BCUT2D eigenvalue weighted by Gasteiger charge is -2.24. The predicted octanol–water partition coefficient (Wildman–Crippen LogP) is 25.2. The number of imide groups is 1. The number of rotatable bonds is 45. The number of likely N-dealkylation sites (N-methyl/N-ethyl adjacent to an activating group) is 1. The van der Waals surface area contributed by atoms with Crippen LogP contribution in [0.15, 0.2) is 242 Å². The van der Waals surface area contributed by atoms with Gasteiger partial charge in [-0.25, -0.2) is 14.5 Å². The molecule has 119 heavy (non-hydrogen) atoms. The molecule has 10 atom stereocenters. The molecule has 5 amide bonds. The average Bonchev–Trinajstić information content (AvgIpc) is 0.904. The van der Waals surface area contributed by atoms with Crippen molar-refractivity contribution in [2.45, 2.75) is 222 Å². The number of para-hydroxylation sites is 1. The maximum atomic E-state index is 12.8. The van der Waals surface area contributed by atoms with Crippen molar-refractivity contribution in [3.8, 4) is 28.7 Å². The molecule has 0 aliphatic heterocycles. The first-order chi connectivity index (χ1) is 57.4. The molecule has 0 radical (unpaired) electrons. The van der Waals surface area contributed by atoms with Crippen molar-refractivity contribution >= 4 is 59.8 Å². The minimum atomic E-state index is -0.568. The van der Waals surface area contributed by atoms with Crippen molar-refractivity contribution in [2.24, 2.45) is 0 Å². The van der Waals surface area contributed by atoms with Crippen LogP contribution in [0.5, 0.6) is 28.7 Å².